The maximum Gasteiger partial charge on any atom is 0.338 e. The van der Waals surface area contributed by atoms with Crippen molar-refractivity contribution in [1.29, 1.82) is 0 Å². The Hall–Kier alpha value is -5.56. The minimum absolute atomic E-state index is 0.0556. The Morgan fingerprint density at radius 1 is 0.857 bits per heavy atom. The summed E-state index contributed by atoms with van der Waals surface area (Å²) >= 11 is 0. The normalized spacial score (nSPS) is 15.4. The molecule has 0 aromatic heterocycles. The zero-order valence-corrected chi connectivity index (χ0v) is 32.9. The Morgan fingerprint density at radius 3 is 1.61 bits per heavy atom. The number of ether oxygens (including phenoxy) is 6. The van der Waals surface area contributed by atoms with Crippen LogP contribution in [0.15, 0.2) is 61.2 Å². The van der Waals surface area contributed by atoms with Gasteiger partial charge in [-0.25, -0.2) is 4.79 Å². The third-order valence-corrected chi connectivity index (χ3v) is 8.42. The molecule has 306 valence electrons. The number of likely N-dealkylation sites (N-methyl/N-ethyl adjacent to an activating group) is 1. The molecule has 56 heavy (non-hydrogen) atoms. The van der Waals surface area contributed by atoms with Crippen LogP contribution in [0, 0.1) is 31.6 Å². The molecule has 2 saturated heterocycles. The number of carbonyl (C=O) groups is 4. The van der Waals surface area contributed by atoms with Gasteiger partial charge in [0.25, 0.3) is 11.4 Å². The van der Waals surface area contributed by atoms with Gasteiger partial charge in [0.1, 0.15) is 11.5 Å². The molecule has 0 radical (unpaired) electrons. The lowest BCUT2D eigenvalue weighted by atomic mass is 9.79. The van der Waals surface area contributed by atoms with Crippen molar-refractivity contribution >= 4 is 35.1 Å². The minimum atomic E-state index is -0.882. The third-order valence-electron chi connectivity index (χ3n) is 8.42. The number of carbonyl (C=O) groups excluding carboxylic acids is 4. The Kier molecular flexibility index (Phi) is 17.9. The Bertz CT molecular complexity index is 1770. The maximum atomic E-state index is 12.9. The molecule has 0 N–H and O–H groups in total. The van der Waals surface area contributed by atoms with Gasteiger partial charge in [0.05, 0.1) is 52.8 Å². The number of esters is 2. The first-order chi connectivity index (χ1) is 26.3. The number of nitro benzene ring substituents is 2. The number of amides is 2. The van der Waals surface area contributed by atoms with E-state index in [2.05, 4.69) is 13.2 Å². The highest BCUT2D eigenvalue weighted by molar-refractivity contribution is 5.89. The van der Waals surface area contributed by atoms with E-state index in [0.717, 1.165) is 0 Å². The molecule has 2 aromatic carbocycles. The summed E-state index contributed by atoms with van der Waals surface area (Å²) in [5.74, 6) is -1.22. The number of nitro groups is 2. The lowest BCUT2D eigenvalue weighted by Crippen LogP contribution is -2.37. The van der Waals surface area contributed by atoms with Gasteiger partial charge < -0.3 is 38.2 Å². The number of hydrogen-bond donors (Lipinski definition) is 0. The molecule has 2 aliphatic heterocycles. The van der Waals surface area contributed by atoms with Gasteiger partial charge in [-0.1, -0.05) is 27.0 Å². The van der Waals surface area contributed by atoms with E-state index < -0.39 is 39.8 Å². The summed E-state index contributed by atoms with van der Waals surface area (Å²) in [6.07, 6.45) is 0.391. The van der Waals surface area contributed by atoms with Gasteiger partial charge in [0.2, 0.25) is 11.8 Å². The highest BCUT2D eigenvalue weighted by Gasteiger charge is 2.38. The fraction of sp³-hybridized carbons (Fsp3) is 0.474. The monoisotopic (exact) mass is 786 g/mol. The fourth-order valence-corrected chi connectivity index (χ4v) is 5.16. The molecule has 18 heteroatoms. The first kappa shape index (κ1) is 46.6. The van der Waals surface area contributed by atoms with Crippen LogP contribution < -0.4 is 9.47 Å². The van der Waals surface area contributed by atoms with Gasteiger partial charge in [-0.2, -0.15) is 0 Å². The Labute approximate surface area is 325 Å². The van der Waals surface area contributed by atoms with E-state index in [0.29, 0.717) is 39.3 Å². The van der Waals surface area contributed by atoms with E-state index in [-0.39, 0.29) is 57.3 Å². The van der Waals surface area contributed by atoms with Crippen molar-refractivity contribution in [3.63, 3.8) is 0 Å². The molecule has 0 bridgehead atoms. The number of rotatable bonds is 13. The van der Waals surface area contributed by atoms with Gasteiger partial charge in [0, 0.05) is 51.8 Å². The molecule has 2 heterocycles. The van der Waals surface area contributed by atoms with Crippen molar-refractivity contribution in [3.8, 4) is 11.5 Å². The van der Waals surface area contributed by atoms with E-state index in [1.807, 2.05) is 6.92 Å². The van der Waals surface area contributed by atoms with Crippen LogP contribution in [-0.2, 0) is 38.1 Å². The van der Waals surface area contributed by atoms with Crippen molar-refractivity contribution in [2.24, 2.45) is 11.3 Å². The maximum absolute atomic E-state index is 12.9. The number of nitrogens with zero attached hydrogens (tertiary/aromatic N) is 4. The second-order valence-electron chi connectivity index (χ2n) is 13.4. The zero-order valence-electron chi connectivity index (χ0n) is 32.9. The SMILES string of the molecule is C=C(C)C(=O)Oc1ccc([N+](=O)[O-])c(C2OCCO2)c1.C=CC(=O)N(C)C.CCC(C)(CC(C)C(=O)N(C)C)C(=O)Oc1ccc([N+](=O)[O-])c(C2OCCO2)c1. The number of hydrogen-bond acceptors (Lipinski definition) is 14. The van der Waals surface area contributed by atoms with Gasteiger partial charge in [-0.05, 0) is 57.0 Å². The zero-order chi connectivity index (χ0) is 42.3. The first-order valence-corrected chi connectivity index (χ1v) is 17.4. The largest absolute Gasteiger partial charge is 0.426 e. The number of benzene rings is 2. The van der Waals surface area contributed by atoms with Crippen molar-refractivity contribution < 1.29 is 57.4 Å². The van der Waals surface area contributed by atoms with Crippen LogP contribution in [0.25, 0.3) is 0 Å². The van der Waals surface area contributed by atoms with Crippen LogP contribution >= 0.6 is 0 Å². The first-order valence-electron chi connectivity index (χ1n) is 17.4. The predicted molar refractivity (Wildman–Crippen MR) is 201 cm³/mol. The van der Waals surface area contributed by atoms with Crippen LogP contribution in [0.3, 0.4) is 0 Å². The molecule has 0 aliphatic carbocycles. The van der Waals surface area contributed by atoms with Crippen LogP contribution in [0.1, 0.15) is 64.2 Å². The van der Waals surface area contributed by atoms with Gasteiger partial charge in [-0.15, -0.1) is 0 Å². The molecule has 2 aromatic rings. The summed E-state index contributed by atoms with van der Waals surface area (Å²) < 4.78 is 31.8. The van der Waals surface area contributed by atoms with E-state index >= 15 is 0 Å². The van der Waals surface area contributed by atoms with Crippen molar-refractivity contribution in [2.45, 2.75) is 53.1 Å². The predicted octanol–water partition coefficient (Wildman–Crippen LogP) is 5.46. The molecule has 2 fully saturated rings. The smallest absolute Gasteiger partial charge is 0.338 e. The van der Waals surface area contributed by atoms with E-state index in [4.69, 9.17) is 28.4 Å². The average molecular weight is 787 g/mol. The quantitative estimate of drug-likeness (QED) is 0.0810. The van der Waals surface area contributed by atoms with E-state index in [1.54, 1.807) is 42.0 Å². The second kappa shape index (κ2) is 21.5. The molecule has 0 saturated carbocycles. The van der Waals surface area contributed by atoms with E-state index in [1.165, 1.54) is 59.2 Å². The van der Waals surface area contributed by atoms with Crippen LogP contribution in [0.2, 0.25) is 0 Å². The topological polar surface area (TPSA) is 216 Å². The molecule has 2 aliphatic rings. The molecule has 2 unspecified atom stereocenters. The highest BCUT2D eigenvalue weighted by Crippen LogP contribution is 2.37. The second-order valence-corrected chi connectivity index (χ2v) is 13.4. The lowest BCUT2D eigenvalue weighted by Gasteiger charge is -2.29. The summed E-state index contributed by atoms with van der Waals surface area (Å²) in [7, 11) is 6.71. The summed E-state index contributed by atoms with van der Waals surface area (Å²) in [6.45, 7) is 15.0. The van der Waals surface area contributed by atoms with Crippen LogP contribution in [-0.4, -0.2) is 98.0 Å². The average Bonchev–Trinajstić information content (AvgIpc) is 3.90. The summed E-state index contributed by atoms with van der Waals surface area (Å²) in [4.78, 5) is 71.1. The summed E-state index contributed by atoms with van der Waals surface area (Å²) in [6, 6.07) is 8.01. The van der Waals surface area contributed by atoms with E-state index in [9.17, 15) is 39.4 Å². The summed E-state index contributed by atoms with van der Waals surface area (Å²) in [5.41, 5.74) is -0.537. The van der Waals surface area contributed by atoms with Crippen LogP contribution in [0.5, 0.6) is 11.5 Å². The lowest BCUT2D eigenvalue weighted by molar-refractivity contribution is -0.386. The fourth-order valence-electron chi connectivity index (χ4n) is 5.16. The highest BCUT2D eigenvalue weighted by atomic mass is 16.7. The summed E-state index contributed by atoms with van der Waals surface area (Å²) in [5, 5.41) is 22.3. The molecule has 0 spiro atoms. The van der Waals surface area contributed by atoms with Crippen molar-refractivity contribution in [3.05, 3.63) is 92.6 Å². The van der Waals surface area contributed by atoms with Crippen LogP contribution in [0.4, 0.5) is 11.4 Å². The molecule has 2 atom stereocenters. The molecular formula is C38H50N4O14. The molecule has 18 nitrogen and oxygen atoms in total. The van der Waals surface area contributed by atoms with Crippen molar-refractivity contribution in [2.75, 3.05) is 54.6 Å². The van der Waals surface area contributed by atoms with Gasteiger partial charge >= 0.3 is 11.9 Å². The standard InChI is InChI=1S/C20H28N2O7.C13H13NO6.C5H9NO/c1-6-20(3,12-13(2)17(23)21(4)5)19(24)29-14-7-8-16(22(25)26)15(11-14)18-27-9-10-28-18;1-8(2)12(15)20-9-3-4-11(14(16)17)10(7-9)13-18-5-6-19-13;1-4-5(7)6(2)3/h7-8,11,13,18H,6,9-10,12H2,1-5H3;3-4,7,13H,1,5-6H2,2H3;4H,1H2,2-3H3. The van der Waals surface area contributed by atoms with Crippen molar-refractivity contribution in [1.82, 2.24) is 9.80 Å². The molecule has 2 amide bonds. The minimum Gasteiger partial charge on any atom is -0.426 e. The third kappa shape index (κ3) is 13.3. The van der Waals surface area contributed by atoms with Gasteiger partial charge in [0.15, 0.2) is 12.6 Å². The Morgan fingerprint density at radius 2 is 1.29 bits per heavy atom. The molecular weight excluding hydrogens is 736 g/mol. The molecule has 4 rings (SSSR count). The van der Waals surface area contributed by atoms with Gasteiger partial charge in [-0.3, -0.25) is 34.6 Å². The Balaban J connectivity index is 0.000000345.